The molecule has 0 aliphatic heterocycles. The number of hydrogen-bond acceptors (Lipinski definition) is 5. The monoisotopic (exact) mass is 305 g/mol. The zero-order chi connectivity index (χ0) is 15.2. The van der Waals surface area contributed by atoms with Crippen LogP contribution in [0.25, 0.3) is 0 Å². The predicted octanol–water partition coefficient (Wildman–Crippen LogP) is 1.83. The van der Waals surface area contributed by atoms with Crippen molar-refractivity contribution in [1.29, 1.82) is 0 Å². The number of amides is 1. The van der Waals surface area contributed by atoms with Crippen LogP contribution in [-0.2, 0) is 11.3 Å². The first-order valence-corrected chi connectivity index (χ1v) is 6.80. The van der Waals surface area contributed by atoms with E-state index in [4.69, 9.17) is 17.3 Å². The molecule has 0 aliphatic rings. The topological polar surface area (TPSA) is 92.9 Å². The van der Waals surface area contributed by atoms with Gasteiger partial charge in [-0.15, -0.1) is 0 Å². The summed E-state index contributed by atoms with van der Waals surface area (Å²) in [5.74, 6) is 0.323. The van der Waals surface area contributed by atoms with E-state index in [0.29, 0.717) is 12.4 Å². The molecule has 21 heavy (non-hydrogen) atoms. The van der Waals surface area contributed by atoms with E-state index in [1.54, 1.807) is 6.92 Å². The molecule has 2 rings (SSSR count). The number of aromatic nitrogens is 2. The smallest absolute Gasteiger partial charge is 0.242 e. The Balaban J connectivity index is 1.90. The van der Waals surface area contributed by atoms with Gasteiger partial charge in [0.15, 0.2) is 0 Å². The Bertz CT molecular complexity index is 600. The molecule has 1 heterocycles. The summed E-state index contributed by atoms with van der Waals surface area (Å²) in [6.07, 6.45) is 0. The maximum Gasteiger partial charge on any atom is 0.242 e. The first kappa shape index (κ1) is 15.1. The predicted molar refractivity (Wildman–Crippen MR) is 82.8 cm³/mol. The molecule has 0 saturated carbocycles. The van der Waals surface area contributed by atoms with Gasteiger partial charge in [-0.3, -0.25) is 4.79 Å². The number of halogens is 1. The maximum atomic E-state index is 12.0. The Morgan fingerprint density at radius 2 is 2.05 bits per heavy atom. The highest BCUT2D eigenvalue weighted by Gasteiger charge is 2.13. The molecule has 1 atom stereocenters. The second kappa shape index (κ2) is 6.90. The van der Waals surface area contributed by atoms with Gasteiger partial charge in [-0.25, -0.2) is 4.98 Å². The summed E-state index contributed by atoms with van der Waals surface area (Å²) in [5.41, 5.74) is 6.53. The van der Waals surface area contributed by atoms with Crippen LogP contribution >= 0.6 is 11.6 Å². The molecular weight excluding hydrogens is 290 g/mol. The molecule has 1 amide bonds. The van der Waals surface area contributed by atoms with Gasteiger partial charge in [-0.1, -0.05) is 41.9 Å². The lowest BCUT2D eigenvalue weighted by atomic mass is 10.2. The largest absolute Gasteiger partial charge is 0.368 e. The third-order valence-electron chi connectivity index (χ3n) is 2.78. The van der Waals surface area contributed by atoms with Crippen molar-refractivity contribution in [2.24, 2.45) is 0 Å². The minimum Gasteiger partial charge on any atom is -0.368 e. The minimum absolute atomic E-state index is 0.0573. The SMILES string of the molecule is CC(Nc1cc(Cl)nc(N)n1)C(=O)NCc1ccccc1. The molecule has 0 bridgehead atoms. The van der Waals surface area contributed by atoms with Gasteiger partial charge >= 0.3 is 0 Å². The van der Waals surface area contributed by atoms with Crippen LogP contribution in [0.2, 0.25) is 5.15 Å². The molecule has 1 unspecified atom stereocenters. The molecule has 4 N–H and O–H groups in total. The van der Waals surface area contributed by atoms with E-state index in [9.17, 15) is 4.79 Å². The van der Waals surface area contributed by atoms with Crippen molar-refractivity contribution < 1.29 is 4.79 Å². The fourth-order valence-corrected chi connectivity index (χ4v) is 1.92. The molecule has 7 heteroatoms. The summed E-state index contributed by atoms with van der Waals surface area (Å²) >= 11 is 5.78. The molecule has 0 radical (unpaired) electrons. The standard InChI is InChI=1S/C14H16ClN5O/c1-9(18-12-7-11(15)19-14(16)20-12)13(21)17-8-10-5-3-2-4-6-10/h2-7,9H,8H2,1H3,(H,17,21)(H3,16,18,19,20). The van der Waals surface area contributed by atoms with Crippen molar-refractivity contribution in [3.05, 3.63) is 47.1 Å². The second-order valence-electron chi connectivity index (χ2n) is 4.50. The van der Waals surface area contributed by atoms with Crippen molar-refractivity contribution in [3.8, 4) is 0 Å². The van der Waals surface area contributed by atoms with Gasteiger partial charge in [0.25, 0.3) is 0 Å². The zero-order valence-electron chi connectivity index (χ0n) is 11.5. The summed E-state index contributed by atoms with van der Waals surface area (Å²) in [4.78, 5) is 19.7. The Morgan fingerprint density at radius 1 is 1.33 bits per heavy atom. The summed E-state index contributed by atoms with van der Waals surface area (Å²) in [6, 6.07) is 10.7. The molecule has 1 aromatic carbocycles. The van der Waals surface area contributed by atoms with Crippen LogP contribution < -0.4 is 16.4 Å². The fourth-order valence-electron chi connectivity index (χ4n) is 1.73. The highest BCUT2D eigenvalue weighted by atomic mass is 35.5. The average Bonchev–Trinajstić information content (AvgIpc) is 2.44. The van der Waals surface area contributed by atoms with Crippen LogP contribution in [0.3, 0.4) is 0 Å². The van der Waals surface area contributed by atoms with Gasteiger partial charge < -0.3 is 16.4 Å². The lowest BCUT2D eigenvalue weighted by Crippen LogP contribution is -2.37. The number of nitrogens with zero attached hydrogens (tertiary/aromatic N) is 2. The summed E-state index contributed by atoms with van der Waals surface area (Å²) in [7, 11) is 0. The number of nitrogen functional groups attached to an aromatic ring is 1. The van der Waals surface area contributed by atoms with E-state index in [1.165, 1.54) is 6.07 Å². The quantitative estimate of drug-likeness (QED) is 0.733. The third kappa shape index (κ3) is 4.61. The molecular formula is C14H16ClN5O. The van der Waals surface area contributed by atoms with Crippen molar-refractivity contribution in [1.82, 2.24) is 15.3 Å². The molecule has 6 nitrogen and oxygen atoms in total. The Morgan fingerprint density at radius 3 is 2.71 bits per heavy atom. The highest BCUT2D eigenvalue weighted by Crippen LogP contribution is 2.13. The van der Waals surface area contributed by atoms with Crippen LogP contribution in [0.5, 0.6) is 0 Å². The first-order valence-electron chi connectivity index (χ1n) is 6.43. The second-order valence-corrected chi connectivity index (χ2v) is 4.89. The van der Waals surface area contributed by atoms with Gasteiger partial charge in [0.05, 0.1) is 0 Å². The Hall–Kier alpha value is -2.34. The molecule has 1 aromatic heterocycles. The molecule has 0 saturated heterocycles. The fraction of sp³-hybridized carbons (Fsp3) is 0.214. The van der Waals surface area contributed by atoms with Gasteiger partial charge in [0.1, 0.15) is 17.0 Å². The highest BCUT2D eigenvalue weighted by molar-refractivity contribution is 6.29. The van der Waals surface area contributed by atoms with E-state index >= 15 is 0 Å². The summed E-state index contributed by atoms with van der Waals surface area (Å²) in [5, 5.41) is 6.00. The Kier molecular flexibility index (Phi) is 4.94. The molecule has 2 aromatic rings. The Labute approximate surface area is 127 Å². The van der Waals surface area contributed by atoms with Gasteiger partial charge in [-0.2, -0.15) is 4.98 Å². The lowest BCUT2D eigenvalue weighted by Gasteiger charge is -2.15. The molecule has 0 aliphatic carbocycles. The van der Waals surface area contributed by atoms with Crippen LogP contribution in [0.15, 0.2) is 36.4 Å². The number of carbonyl (C=O) groups is 1. The number of anilines is 2. The maximum absolute atomic E-state index is 12.0. The van der Waals surface area contributed by atoms with Crippen molar-refractivity contribution in [2.45, 2.75) is 19.5 Å². The van der Waals surface area contributed by atoms with E-state index in [0.717, 1.165) is 5.56 Å². The number of nitrogens with two attached hydrogens (primary N) is 1. The van der Waals surface area contributed by atoms with E-state index in [2.05, 4.69) is 20.6 Å². The van der Waals surface area contributed by atoms with Gasteiger partial charge in [0, 0.05) is 12.6 Å². The lowest BCUT2D eigenvalue weighted by molar-refractivity contribution is -0.121. The number of carbonyl (C=O) groups excluding carboxylic acids is 1. The van der Waals surface area contributed by atoms with Crippen LogP contribution in [-0.4, -0.2) is 21.9 Å². The average molecular weight is 306 g/mol. The number of nitrogens with one attached hydrogen (secondary N) is 2. The number of rotatable bonds is 5. The van der Waals surface area contributed by atoms with E-state index < -0.39 is 6.04 Å². The summed E-state index contributed by atoms with van der Waals surface area (Å²) < 4.78 is 0. The molecule has 0 fully saturated rings. The van der Waals surface area contributed by atoms with Gasteiger partial charge in [-0.05, 0) is 12.5 Å². The molecule has 0 spiro atoms. The molecule has 110 valence electrons. The first-order chi connectivity index (χ1) is 10.0. The van der Waals surface area contributed by atoms with Crippen LogP contribution in [0, 0.1) is 0 Å². The van der Waals surface area contributed by atoms with Crippen molar-refractivity contribution >= 4 is 29.3 Å². The van der Waals surface area contributed by atoms with Crippen molar-refractivity contribution in [2.75, 3.05) is 11.1 Å². The zero-order valence-corrected chi connectivity index (χ0v) is 12.3. The number of benzene rings is 1. The van der Waals surface area contributed by atoms with Gasteiger partial charge in [0.2, 0.25) is 11.9 Å². The minimum atomic E-state index is -0.473. The van der Waals surface area contributed by atoms with Crippen LogP contribution in [0.4, 0.5) is 11.8 Å². The third-order valence-corrected chi connectivity index (χ3v) is 2.97. The van der Waals surface area contributed by atoms with E-state index in [-0.39, 0.29) is 17.0 Å². The normalized spacial score (nSPS) is 11.7. The van der Waals surface area contributed by atoms with Crippen LogP contribution in [0.1, 0.15) is 12.5 Å². The van der Waals surface area contributed by atoms with E-state index in [1.807, 2.05) is 30.3 Å². The number of hydrogen-bond donors (Lipinski definition) is 3. The van der Waals surface area contributed by atoms with Crippen molar-refractivity contribution in [3.63, 3.8) is 0 Å². The summed E-state index contributed by atoms with van der Waals surface area (Å²) in [6.45, 7) is 2.20.